The van der Waals surface area contributed by atoms with Gasteiger partial charge in [0.1, 0.15) is 0 Å². The van der Waals surface area contributed by atoms with Crippen molar-refractivity contribution in [3.8, 4) is 11.5 Å². The number of hydrogen-bond donors (Lipinski definition) is 1. The summed E-state index contributed by atoms with van der Waals surface area (Å²) in [6, 6.07) is 16.0. The van der Waals surface area contributed by atoms with E-state index in [2.05, 4.69) is 31.3 Å². The van der Waals surface area contributed by atoms with Crippen LogP contribution in [0, 0.1) is 5.92 Å². The van der Waals surface area contributed by atoms with Gasteiger partial charge in [-0.15, -0.1) is 0 Å². The Labute approximate surface area is 172 Å². The third-order valence-corrected chi connectivity index (χ3v) is 4.87. The molecule has 0 aliphatic rings. The lowest BCUT2D eigenvalue weighted by atomic mass is 10.2. The fraction of sp³-hybridized carbons (Fsp3) is 0.348. The Morgan fingerprint density at radius 3 is 2.64 bits per heavy atom. The quantitative estimate of drug-likeness (QED) is 0.436. The molecule has 1 amide bonds. The molecule has 0 atom stereocenters. The largest absolute Gasteiger partial charge is 0.493 e. The third kappa shape index (κ3) is 8.09. The van der Waals surface area contributed by atoms with Crippen molar-refractivity contribution in [2.45, 2.75) is 19.6 Å². The SMILES string of the molecule is COc1cc(/C=C/C(=O)NCCSCc2ccccc2)ccc1OCC(C)C. The summed E-state index contributed by atoms with van der Waals surface area (Å²) in [4.78, 5) is 12.0. The number of nitrogens with one attached hydrogen (secondary N) is 1. The Morgan fingerprint density at radius 1 is 1.14 bits per heavy atom. The van der Waals surface area contributed by atoms with Gasteiger partial charge in [-0.25, -0.2) is 0 Å². The van der Waals surface area contributed by atoms with E-state index < -0.39 is 0 Å². The summed E-state index contributed by atoms with van der Waals surface area (Å²) in [7, 11) is 1.62. The summed E-state index contributed by atoms with van der Waals surface area (Å²) in [6.45, 7) is 5.48. The monoisotopic (exact) mass is 399 g/mol. The Kier molecular flexibility index (Phi) is 9.49. The molecule has 0 saturated carbocycles. The zero-order valence-electron chi connectivity index (χ0n) is 16.8. The van der Waals surface area contributed by atoms with Crippen molar-refractivity contribution in [3.63, 3.8) is 0 Å². The maximum atomic E-state index is 12.0. The van der Waals surface area contributed by atoms with Crippen LogP contribution in [0.5, 0.6) is 11.5 Å². The third-order valence-electron chi connectivity index (χ3n) is 3.84. The highest BCUT2D eigenvalue weighted by atomic mass is 32.2. The van der Waals surface area contributed by atoms with Gasteiger partial charge in [0.15, 0.2) is 11.5 Å². The van der Waals surface area contributed by atoms with Crippen LogP contribution in [0.2, 0.25) is 0 Å². The van der Waals surface area contributed by atoms with Crippen molar-refractivity contribution in [1.29, 1.82) is 0 Å². The molecular weight excluding hydrogens is 370 g/mol. The van der Waals surface area contributed by atoms with Crippen LogP contribution in [0.25, 0.3) is 6.08 Å². The minimum absolute atomic E-state index is 0.0978. The number of carbonyl (C=O) groups excluding carboxylic acids is 1. The highest BCUT2D eigenvalue weighted by Crippen LogP contribution is 2.28. The van der Waals surface area contributed by atoms with Gasteiger partial charge in [-0.05, 0) is 35.3 Å². The van der Waals surface area contributed by atoms with Crippen molar-refractivity contribution in [1.82, 2.24) is 5.32 Å². The highest BCUT2D eigenvalue weighted by molar-refractivity contribution is 7.98. The Balaban J connectivity index is 1.75. The van der Waals surface area contributed by atoms with Gasteiger partial charge >= 0.3 is 0 Å². The topological polar surface area (TPSA) is 47.6 Å². The molecule has 0 unspecified atom stereocenters. The van der Waals surface area contributed by atoms with Crippen LogP contribution in [-0.4, -0.2) is 31.9 Å². The molecule has 0 radical (unpaired) electrons. The van der Waals surface area contributed by atoms with Gasteiger partial charge < -0.3 is 14.8 Å². The van der Waals surface area contributed by atoms with E-state index in [-0.39, 0.29) is 5.91 Å². The van der Waals surface area contributed by atoms with Crippen LogP contribution in [0.4, 0.5) is 0 Å². The van der Waals surface area contributed by atoms with E-state index in [4.69, 9.17) is 9.47 Å². The van der Waals surface area contributed by atoms with Gasteiger partial charge in [0.25, 0.3) is 0 Å². The second-order valence-corrected chi connectivity index (χ2v) is 7.88. The molecule has 0 heterocycles. The fourth-order valence-electron chi connectivity index (χ4n) is 2.41. The average molecular weight is 400 g/mol. The summed E-state index contributed by atoms with van der Waals surface area (Å²) in [5.41, 5.74) is 2.19. The number of carbonyl (C=O) groups is 1. The van der Waals surface area contributed by atoms with Crippen molar-refractivity contribution in [2.75, 3.05) is 26.0 Å². The van der Waals surface area contributed by atoms with Crippen LogP contribution in [0.3, 0.4) is 0 Å². The molecule has 0 saturated heterocycles. The lowest BCUT2D eigenvalue weighted by Gasteiger charge is -2.12. The Bertz CT molecular complexity index is 760. The molecule has 0 aromatic heterocycles. The zero-order chi connectivity index (χ0) is 20.2. The number of methoxy groups -OCH3 is 1. The zero-order valence-corrected chi connectivity index (χ0v) is 17.6. The van der Waals surface area contributed by atoms with Gasteiger partial charge in [-0.3, -0.25) is 4.79 Å². The van der Waals surface area contributed by atoms with E-state index in [0.717, 1.165) is 17.1 Å². The van der Waals surface area contributed by atoms with Crippen molar-refractivity contribution in [2.24, 2.45) is 5.92 Å². The fourth-order valence-corrected chi connectivity index (χ4v) is 3.22. The maximum absolute atomic E-state index is 12.0. The summed E-state index contributed by atoms with van der Waals surface area (Å²) in [6.07, 6.45) is 3.33. The van der Waals surface area contributed by atoms with E-state index in [1.54, 1.807) is 31.0 Å². The van der Waals surface area contributed by atoms with Crippen molar-refractivity contribution >= 4 is 23.7 Å². The summed E-state index contributed by atoms with van der Waals surface area (Å²) >= 11 is 1.81. The van der Waals surface area contributed by atoms with Gasteiger partial charge in [-0.1, -0.05) is 50.2 Å². The molecule has 2 rings (SSSR count). The molecule has 2 aromatic rings. The number of thioether (sulfide) groups is 1. The van der Waals surface area contributed by atoms with E-state index in [9.17, 15) is 4.79 Å². The summed E-state index contributed by atoms with van der Waals surface area (Å²) in [5.74, 6) is 3.56. The number of hydrogen-bond acceptors (Lipinski definition) is 4. The second-order valence-electron chi connectivity index (χ2n) is 6.78. The van der Waals surface area contributed by atoms with Gasteiger partial charge in [0.05, 0.1) is 13.7 Å². The molecule has 150 valence electrons. The van der Waals surface area contributed by atoms with Crippen LogP contribution in [-0.2, 0) is 10.5 Å². The molecule has 0 spiro atoms. The lowest BCUT2D eigenvalue weighted by molar-refractivity contribution is -0.116. The normalized spacial score (nSPS) is 11.0. The van der Waals surface area contributed by atoms with E-state index in [0.29, 0.717) is 30.6 Å². The molecule has 4 nitrogen and oxygen atoms in total. The smallest absolute Gasteiger partial charge is 0.244 e. The van der Waals surface area contributed by atoms with Crippen LogP contribution < -0.4 is 14.8 Å². The van der Waals surface area contributed by atoms with E-state index in [1.165, 1.54) is 5.56 Å². The van der Waals surface area contributed by atoms with E-state index in [1.807, 2.05) is 36.4 Å². The molecule has 2 aromatic carbocycles. The van der Waals surface area contributed by atoms with E-state index >= 15 is 0 Å². The first-order chi connectivity index (χ1) is 13.6. The molecule has 0 bridgehead atoms. The van der Waals surface area contributed by atoms with Gasteiger partial charge in [0.2, 0.25) is 5.91 Å². The predicted molar refractivity (Wildman–Crippen MR) is 118 cm³/mol. The minimum atomic E-state index is -0.0978. The van der Waals surface area contributed by atoms with Gasteiger partial charge in [0, 0.05) is 24.1 Å². The van der Waals surface area contributed by atoms with Crippen LogP contribution >= 0.6 is 11.8 Å². The molecule has 0 fully saturated rings. The Hall–Kier alpha value is -2.40. The van der Waals surface area contributed by atoms with Gasteiger partial charge in [-0.2, -0.15) is 11.8 Å². The Morgan fingerprint density at radius 2 is 1.93 bits per heavy atom. The number of ether oxygens (including phenoxy) is 2. The first-order valence-corrected chi connectivity index (χ1v) is 10.6. The second kappa shape index (κ2) is 12.1. The molecule has 28 heavy (non-hydrogen) atoms. The molecule has 5 heteroatoms. The molecule has 0 aliphatic heterocycles. The number of amides is 1. The predicted octanol–water partition coefficient (Wildman–Crippen LogP) is 4.79. The maximum Gasteiger partial charge on any atom is 0.244 e. The molecular formula is C23H29NO3S. The number of benzene rings is 2. The summed E-state index contributed by atoms with van der Waals surface area (Å²) in [5, 5.41) is 2.91. The first-order valence-electron chi connectivity index (χ1n) is 9.47. The minimum Gasteiger partial charge on any atom is -0.493 e. The first kappa shape index (κ1) is 21.9. The summed E-state index contributed by atoms with van der Waals surface area (Å²) < 4.78 is 11.1. The number of rotatable bonds is 11. The lowest BCUT2D eigenvalue weighted by Crippen LogP contribution is -2.23. The van der Waals surface area contributed by atoms with Crippen molar-refractivity contribution in [3.05, 3.63) is 65.7 Å². The molecule has 1 N–H and O–H groups in total. The highest BCUT2D eigenvalue weighted by Gasteiger charge is 2.06. The molecule has 0 aliphatic carbocycles. The van der Waals surface area contributed by atoms with Crippen LogP contribution in [0.15, 0.2) is 54.6 Å². The average Bonchev–Trinajstić information content (AvgIpc) is 2.71. The van der Waals surface area contributed by atoms with Crippen molar-refractivity contribution < 1.29 is 14.3 Å². The standard InChI is InChI=1S/C23H29NO3S/c1-18(2)16-27-21-11-9-19(15-22(21)26-3)10-12-23(25)24-13-14-28-17-20-7-5-4-6-8-20/h4-12,15,18H,13-14,16-17H2,1-3H3,(H,24,25)/b12-10+. The van der Waals surface area contributed by atoms with Crippen LogP contribution in [0.1, 0.15) is 25.0 Å².